The normalized spacial score (nSPS) is 11.8. The number of Topliss-reactive ketones (excluding diaryl/α,β-unsaturated/α-hetero) is 1. The lowest BCUT2D eigenvalue weighted by molar-refractivity contribution is 0.0886. The molecule has 16 heavy (non-hydrogen) atoms. The lowest BCUT2D eigenvalue weighted by Crippen LogP contribution is -2.46. The molecule has 1 N–H and O–H groups in total. The second kappa shape index (κ2) is 5.60. The van der Waals surface area contributed by atoms with Gasteiger partial charge in [-0.05, 0) is 50.7 Å². The maximum atomic E-state index is 12.2. The van der Waals surface area contributed by atoms with E-state index in [0.29, 0.717) is 0 Å². The lowest BCUT2D eigenvalue weighted by atomic mass is 9.97. The predicted octanol–water partition coefficient (Wildman–Crippen LogP) is 3.41. The van der Waals surface area contributed by atoms with Crippen molar-refractivity contribution >= 4 is 17.1 Å². The Balaban J connectivity index is 2.64. The number of rotatable bonds is 6. The highest BCUT2D eigenvalue weighted by atomic mass is 32.1. The molecule has 0 aromatic carbocycles. The number of hydrogen-bond donors (Lipinski definition) is 1. The van der Waals surface area contributed by atoms with Crippen LogP contribution in [0.5, 0.6) is 0 Å². The third-order valence-electron chi connectivity index (χ3n) is 2.62. The fourth-order valence-electron chi connectivity index (χ4n) is 1.52. The summed E-state index contributed by atoms with van der Waals surface area (Å²) in [6, 6.07) is 1.97. The van der Waals surface area contributed by atoms with Gasteiger partial charge in [-0.1, -0.05) is 13.3 Å². The number of nitrogens with one attached hydrogen (secondary N) is 1. The van der Waals surface area contributed by atoms with Crippen LogP contribution in [-0.2, 0) is 0 Å². The van der Waals surface area contributed by atoms with E-state index >= 15 is 0 Å². The first-order valence-corrected chi connectivity index (χ1v) is 6.70. The summed E-state index contributed by atoms with van der Waals surface area (Å²) in [4.78, 5) is 13.1. The summed E-state index contributed by atoms with van der Waals surface area (Å²) >= 11 is 1.53. The van der Waals surface area contributed by atoms with Crippen molar-refractivity contribution in [3.05, 3.63) is 21.9 Å². The molecule has 0 radical (unpaired) electrons. The van der Waals surface area contributed by atoms with Crippen LogP contribution in [0.15, 0.2) is 11.4 Å². The minimum atomic E-state index is -0.452. The molecule has 1 aromatic heterocycles. The Hall–Kier alpha value is -0.670. The van der Waals surface area contributed by atoms with Crippen LogP contribution < -0.4 is 5.32 Å². The molecular formula is C13H21NOS. The van der Waals surface area contributed by atoms with Gasteiger partial charge in [0.2, 0.25) is 0 Å². The molecular weight excluding hydrogens is 218 g/mol. The van der Waals surface area contributed by atoms with Crippen LogP contribution in [0.3, 0.4) is 0 Å². The summed E-state index contributed by atoms with van der Waals surface area (Å²) in [5.74, 6) is 0.196. The Morgan fingerprint density at radius 3 is 2.69 bits per heavy atom. The zero-order valence-corrected chi connectivity index (χ0v) is 11.4. The van der Waals surface area contributed by atoms with E-state index in [-0.39, 0.29) is 5.78 Å². The van der Waals surface area contributed by atoms with Crippen LogP contribution >= 0.6 is 11.3 Å². The maximum absolute atomic E-state index is 12.2. The van der Waals surface area contributed by atoms with Gasteiger partial charge in [0, 0.05) is 0 Å². The first-order chi connectivity index (χ1) is 7.47. The molecule has 3 heteroatoms. The zero-order chi connectivity index (χ0) is 12.2. The third-order valence-corrected chi connectivity index (χ3v) is 3.67. The zero-order valence-electron chi connectivity index (χ0n) is 10.6. The molecule has 0 fully saturated rings. The molecule has 0 aliphatic heterocycles. The first-order valence-electron chi connectivity index (χ1n) is 5.82. The first kappa shape index (κ1) is 13.4. The second-order valence-corrected chi connectivity index (χ2v) is 5.63. The molecule has 0 aliphatic rings. The summed E-state index contributed by atoms with van der Waals surface area (Å²) in [7, 11) is 0. The van der Waals surface area contributed by atoms with Crippen molar-refractivity contribution in [3.63, 3.8) is 0 Å². The Morgan fingerprint density at radius 2 is 2.19 bits per heavy atom. The third kappa shape index (κ3) is 3.42. The highest BCUT2D eigenvalue weighted by Crippen LogP contribution is 2.20. The lowest BCUT2D eigenvalue weighted by Gasteiger charge is -2.24. The molecule has 0 amide bonds. The standard InChI is InChI=1S/C13H21NOS/c1-5-6-7-14-13(3,4)12(15)11-8-10(2)9-16-11/h8-9,14H,5-7H2,1-4H3. The Labute approximate surface area is 102 Å². The summed E-state index contributed by atoms with van der Waals surface area (Å²) in [5.41, 5.74) is 0.713. The Morgan fingerprint density at radius 1 is 1.50 bits per heavy atom. The monoisotopic (exact) mass is 239 g/mol. The number of unbranched alkanes of at least 4 members (excludes halogenated alkanes) is 1. The van der Waals surface area contributed by atoms with E-state index in [9.17, 15) is 4.79 Å². The van der Waals surface area contributed by atoms with Gasteiger partial charge in [-0.2, -0.15) is 0 Å². The summed E-state index contributed by atoms with van der Waals surface area (Å²) in [6.07, 6.45) is 2.26. The quantitative estimate of drug-likeness (QED) is 0.609. The number of thiophene rings is 1. The number of hydrogen-bond acceptors (Lipinski definition) is 3. The van der Waals surface area contributed by atoms with Gasteiger partial charge >= 0.3 is 0 Å². The van der Waals surface area contributed by atoms with Gasteiger partial charge in [0.25, 0.3) is 0 Å². The molecule has 90 valence electrons. The van der Waals surface area contributed by atoms with Crippen LogP contribution in [0.1, 0.15) is 48.8 Å². The summed E-state index contributed by atoms with van der Waals surface area (Å²) in [5, 5.41) is 5.35. The molecule has 0 atom stereocenters. The Bertz CT molecular complexity index is 355. The van der Waals surface area contributed by atoms with Crippen molar-refractivity contribution in [1.82, 2.24) is 5.32 Å². The molecule has 0 bridgehead atoms. The molecule has 0 spiro atoms. The van der Waals surface area contributed by atoms with E-state index in [4.69, 9.17) is 0 Å². The van der Waals surface area contributed by atoms with E-state index in [0.717, 1.165) is 29.8 Å². The van der Waals surface area contributed by atoms with Crippen molar-refractivity contribution in [2.24, 2.45) is 0 Å². The summed E-state index contributed by atoms with van der Waals surface area (Å²) in [6.45, 7) is 8.99. The van der Waals surface area contributed by atoms with Crippen LogP contribution in [-0.4, -0.2) is 17.9 Å². The van der Waals surface area contributed by atoms with E-state index in [1.807, 2.05) is 32.2 Å². The SMILES string of the molecule is CCCCNC(C)(C)C(=O)c1cc(C)cs1. The van der Waals surface area contributed by atoms with Gasteiger partial charge in [-0.25, -0.2) is 0 Å². The van der Waals surface area contributed by atoms with Gasteiger partial charge in [-0.15, -0.1) is 11.3 Å². The smallest absolute Gasteiger partial charge is 0.192 e. The van der Waals surface area contributed by atoms with E-state index in [2.05, 4.69) is 12.2 Å². The van der Waals surface area contributed by atoms with Crippen LogP contribution in [0.2, 0.25) is 0 Å². The van der Waals surface area contributed by atoms with E-state index in [1.165, 1.54) is 11.3 Å². The molecule has 0 unspecified atom stereocenters. The van der Waals surface area contributed by atoms with Crippen LogP contribution in [0.25, 0.3) is 0 Å². The highest BCUT2D eigenvalue weighted by molar-refractivity contribution is 7.12. The van der Waals surface area contributed by atoms with Gasteiger partial charge in [0.05, 0.1) is 10.4 Å². The van der Waals surface area contributed by atoms with Gasteiger partial charge in [0.15, 0.2) is 5.78 Å². The predicted molar refractivity (Wildman–Crippen MR) is 70.4 cm³/mol. The van der Waals surface area contributed by atoms with Crippen molar-refractivity contribution in [1.29, 1.82) is 0 Å². The topological polar surface area (TPSA) is 29.1 Å². The largest absolute Gasteiger partial charge is 0.305 e. The molecule has 1 aromatic rings. The number of carbonyl (C=O) groups excluding carboxylic acids is 1. The van der Waals surface area contributed by atoms with Gasteiger partial charge < -0.3 is 5.32 Å². The van der Waals surface area contributed by atoms with Crippen molar-refractivity contribution in [2.45, 2.75) is 46.1 Å². The number of ketones is 1. The highest BCUT2D eigenvalue weighted by Gasteiger charge is 2.28. The average Bonchev–Trinajstić information content (AvgIpc) is 2.64. The molecule has 0 aliphatic carbocycles. The molecule has 1 heterocycles. The van der Waals surface area contributed by atoms with Crippen molar-refractivity contribution < 1.29 is 4.79 Å². The van der Waals surface area contributed by atoms with Gasteiger partial charge in [-0.3, -0.25) is 4.79 Å². The number of aryl methyl sites for hydroxylation is 1. The average molecular weight is 239 g/mol. The van der Waals surface area contributed by atoms with Gasteiger partial charge in [0.1, 0.15) is 0 Å². The minimum absolute atomic E-state index is 0.196. The molecule has 2 nitrogen and oxygen atoms in total. The van der Waals surface area contributed by atoms with Crippen LogP contribution in [0.4, 0.5) is 0 Å². The minimum Gasteiger partial charge on any atom is -0.305 e. The fourth-order valence-corrected chi connectivity index (χ4v) is 2.51. The fraction of sp³-hybridized carbons (Fsp3) is 0.615. The summed E-state index contributed by atoms with van der Waals surface area (Å²) < 4.78 is 0. The maximum Gasteiger partial charge on any atom is 0.192 e. The molecule has 1 rings (SSSR count). The molecule has 0 saturated carbocycles. The van der Waals surface area contributed by atoms with Crippen molar-refractivity contribution in [3.8, 4) is 0 Å². The molecule has 0 saturated heterocycles. The van der Waals surface area contributed by atoms with E-state index in [1.54, 1.807) is 0 Å². The van der Waals surface area contributed by atoms with E-state index < -0.39 is 5.54 Å². The van der Waals surface area contributed by atoms with Crippen LogP contribution in [0, 0.1) is 6.92 Å². The Kier molecular flexibility index (Phi) is 4.69. The second-order valence-electron chi connectivity index (χ2n) is 4.72. The number of carbonyl (C=O) groups is 1. The van der Waals surface area contributed by atoms with Crippen molar-refractivity contribution in [2.75, 3.05) is 6.54 Å².